The lowest BCUT2D eigenvalue weighted by atomic mass is 10.3. The molecule has 0 saturated carbocycles. The fraction of sp³-hybridized carbons (Fsp3) is 0. The molecule has 0 amide bonds. The van der Waals surface area contributed by atoms with Crippen LogP contribution in [0.3, 0.4) is 0 Å². The monoisotopic (exact) mass is 283 g/mol. The molecule has 2 aromatic rings. The normalized spacial score (nSPS) is 9.93. The predicted molar refractivity (Wildman–Crippen MR) is 62.7 cm³/mol. The van der Waals surface area contributed by atoms with Gasteiger partial charge in [0.05, 0.1) is 9.98 Å². The Morgan fingerprint density at radius 2 is 2.20 bits per heavy atom. The van der Waals surface area contributed by atoms with Gasteiger partial charge in [-0.05, 0) is 28.1 Å². The quantitative estimate of drug-likeness (QED) is 0.880. The van der Waals surface area contributed by atoms with E-state index in [2.05, 4.69) is 31.2 Å². The van der Waals surface area contributed by atoms with Crippen molar-refractivity contribution in [2.24, 2.45) is 0 Å². The molecule has 0 spiro atoms. The lowest BCUT2D eigenvalue weighted by molar-refractivity contribution is 0.112. The van der Waals surface area contributed by atoms with E-state index in [0.29, 0.717) is 11.4 Å². The van der Waals surface area contributed by atoms with E-state index in [1.54, 1.807) is 18.3 Å². The minimum Gasteiger partial charge on any atom is -0.316 e. The van der Waals surface area contributed by atoms with Crippen LogP contribution in [0.15, 0.2) is 28.3 Å². The van der Waals surface area contributed by atoms with Crippen LogP contribution in [0, 0.1) is 0 Å². The van der Waals surface area contributed by atoms with Crippen LogP contribution in [0.5, 0.6) is 0 Å². The molecule has 0 aliphatic heterocycles. The zero-order chi connectivity index (χ0) is 10.7. The summed E-state index contributed by atoms with van der Waals surface area (Å²) >= 11 is 4.80. The summed E-state index contributed by atoms with van der Waals surface area (Å²) in [4.78, 5) is 18.6. The van der Waals surface area contributed by atoms with Gasteiger partial charge in [0, 0.05) is 11.8 Å². The minimum absolute atomic E-state index is 0.556. The Kier molecular flexibility index (Phi) is 3.08. The highest BCUT2D eigenvalue weighted by Crippen LogP contribution is 2.25. The molecule has 0 bridgehead atoms. The van der Waals surface area contributed by atoms with Crippen LogP contribution in [0.25, 0.3) is 0 Å². The maximum atomic E-state index is 10.4. The van der Waals surface area contributed by atoms with Crippen molar-refractivity contribution < 1.29 is 4.79 Å². The van der Waals surface area contributed by atoms with Gasteiger partial charge in [0.1, 0.15) is 5.82 Å². The molecule has 76 valence electrons. The number of rotatable bonds is 3. The third-order valence-electron chi connectivity index (χ3n) is 1.63. The summed E-state index contributed by atoms with van der Waals surface area (Å²) in [6.45, 7) is 0. The van der Waals surface area contributed by atoms with Crippen LogP contribution < -0.4 is 5.32 Å². The maximum absolute atomic E-state index is 10.4. The molecule has 0 fully saturated rings. The lowest BCUT2D eigenvalue weighted by Gasteiger charge is -2.00. The number of halogens is 1. The summed E-state index contributed by atoms with van der Waals surface area (Å²) in [5.74, 6) is 0.669. The van der Waals surface area contributed by atoms with Crippen LogP contribution in [0.1, 0.15) is 10.4 Å². The first-order chi connectivity index (χ1) is 7.28. The van der Waals surface area contributed by atoms with Gasteiger partial charge < -0.3 is 5.32 Å². The Balaban J connectivity index is 2.14. The predicted octanol–water partition coefficient (Wildman–Crippen LogP) is 2.86. The van der Waals surface area contributed by atoms with Crippen molar-refractivity contribution in [1.82, 2.24) is 9.97 Å². The van der Waals surface area contributed by atoms with E-state index in [1.807, 2.05) is 0 Å². The highest BCUT2D eigenvalue weighted by atomic mass is 79.9. The number of hydrogen-bond acceptors (Lipinski definition) is 5. The number of carbonyl (C=O) groups is 1. The van der Waals surface area contributed by atoms with Crippen LogP contribution in [-0.4, -0.2) is 16.3 Å². The molecule has 2 heterocycles. The molecule has 15 heavy (non-hydrogen) atoms. The summed E-state index contributed by atoms with van der Waals surface area (Å²) in [5, 5.41) is 3.78. The Labute approximate surface area is 98.5 Å². The van der Waals surface area contributed by atoms with E-state index in [0.717, 1.165) is 15.2 Å². The Hall–Kier alpha value is -1.27. The standard InChI is InChI=1S/C9H6BrN3OS/c10-7-4-12-9(15-7)13-8-2-1-6(5-14)3-11-8/h1-5H,(H,11,12,13). The molecule has 4 nitrogen and oxygen atoms in total. The molecular formula is C9H6BrN3OS. The fourth-order valence-electron chi connectivity index (χ4n) is 0.971. The van der Waals surface area contributed by atoms with Gasteiger partial charge >= 0.3 is 0 Å². The van der Waals surface area contributed by atoms with Crippen LogP contribution in [0.2, 0.25) is 0 Å². The van der Waals surface area contributed by atoms with Crippen molar-refractivity contribution in [1.29, 1.82) is 0 Å². The summed E-state index contributed by atoms with van der Waals surface area (Å²) in [7, 11) is 0. The van der Waals surface area contributed by atoms with Crippen molar-refractivity contribution >= 4 is 44.5 Å². The SMILES string of the molecule is O=Cc1ccc(Nc2ncc(Br)s2)nc1. The largest absolute Gasteiger partial charge is 0.316 e. The van der Waals surface area contributed by atoms with Gasteiger partial charge in [0.25, 0.3) is 0 Å². The van der Waals surface area contributed by atoms with Crippen LogP contribution >= 0.6 is 27.3 Å². The van der Waals surface area contributed by atoms with Crippen molar-refractivity contribution in [2.45, 2.75) is 0 Å². The smallest absolute Gasteiger partial charge is 0.189 e. The van der Waals surface area contributed by atoms with Crippen molar-refractivity contribution in [3.63, 3.8) is 0 Å². The highest BCUT2D eigenvalue weighted by Gasteiger charge is 2.00. The van der Waals surface area contributed by atoms with E-state index < -0.39 is 0 Å². The first kappa shape index (κ1) is 10.3. The number of carbonyl (C=O) groups excluding carboxylic acids is 1. The second-order valence-electron chi connectivity index (χ2n) is 2.69. The third kappa shape index (κ3) is 2.60. The molecule has 0 radical (unpaired) electrons. The molecular weight excluding hydrogens is 278 g/mol. The molecule has 1 N–H and O–H groups in total. The van der Waals surface area contributed by atoms with Gasteiger partial charge in [0.15, 0.2) is 11.4 Å². The van der Waals surface area contributed by atoms with Gasteiger partial charge in [-0.25, -0.2) is 9.97 Å². The average molecular weight is 284 g/mol. The molecule has 0 aliphatic carbocycles. The molecule has 6 heteroatoms. The second kappa shape index (κ2) is 4.50. The van der Waals surface area contributed by atoms with E-state index in [1.165, 1.54) is 17.5 Å². The Morgan fingerprint density at radius 3 is 2.73 bits per heavy atom. The molecule has 0 aliphatic rings. The molecule has 0 unspecified atom stereocenters. The fourth-order valence-corrected chi connectivity index (χ4v) is 2.08. The van der Waals surface area contributed by atoms with Crippen molar-refractivity contribution in [2.75, 3.05) is 5.32 Å². The molecule has 0 aromatic carbocycles. The molecule has 0 atom stereocenters. The van der Waals surface area contributed by atoms with Gasteiger partial charge in [-0.15, -0.1) is 0 Å². The first-order valence-corrected chi connectivity index (χ1v) is 5.68. The van der Waals surface area contributed by atoms with Gasteiger partial charge in [0.2, 0.25) is 0 Å². The van der Waals surface area contributed by atoms with Gasteiger partial charge in [-0.1, -0.05) is 11.3 Å². The minimum atomic E-state index is 0.556. The average Bonchev–Trinajstić information content (AvgIpc) is 2.65. The number of thiazole rings is 1. The Morgan fingerprint density at radius 1 is 1.33 bits per heavy atom. The maximum Gasteiger partial charge on any atom is 0.189 e. The molecule has 2 rings (SSSR count). The number of anilines is 2. The number of nitrogens with one attached hydrogen (secondary N) is 1. The number of aldehydes is 1. The topological polar surface area (TPSA) is 54.9 Å². The summed E-state index contributed by atoms with van der Waals surface area (Å²) in [6.07, 6.45) is 3.99. The van der Waals surface area contributed by atoms with Gasteiger partial charge in [-0.3, -0.25) is 4.79 Å². The van der Waals surface area contributed by atoms with E-state index in [-0.39, 0.29) is 0 Å². The number of hydrogen-bond donors (Lipinski definition) is 1. The van der Waals surface area contributed by atoms with E-state index >= 15 is 0 Å². The van der Waals surface area contributed by atoms with Gasteiger partial charge in [-0.2, -0.15) is 0 Å². The van der Waals surface area contributed by atoms with Crippen LogP contribution in [0.4, 0.5) is 10.9 Å². The van der Waals surface area contributed by atoms with E-state index in [9.17, 15) is 4.79 Å². The first-order valence-electron chi connectivity index (χ1n) is 4.07. The Bertz CT molecular complexity index is 468. The second-order valence-corrected chi connectivity index (χ2v) is 5.10. The van der Waals surface area contributed by atoms with Crippen LogP contribution in [-0.2, 0) is 0 Å². The summed E-state index contributed by atoms with van der Waals surface area (Å²) in [5.41, 5.74) is 0.556. The van der Waals surface area contributed by atoms with Crippen molar-refractivity contribution in [3.05, 3.63) is 33.9 Å². The zero-order valence-electron chi connectivity index (χ0n) is 7.48. The lowest BCUT2D eigenvalue weighted by Crippen LogP contribution is -1.93. The zero-order valence-corrected chi connectivity index (χ0v) is 9.88. The molecule has 2 aromatic heterocycles. The summed E-state index contributed by atoms with van der Waals surface area (Å²) < 4.78 is 0.953. The number of pyridine rings is 1. The highest BCUT2D eigenvalue weighted by molar-refractivity contribution is 9.11. The van der Waals surface area contributed by atoms with Crippen molar-refractivity contribution in [3.8, 4) is 0 Å². The third-order valence-corrected chi connectivity index (χ3v) is 3.03. The number of aromatic nitrogens is 2. The number of nitrogens with zero attached hydrogens (tertiary/aromatic N) is 2. The molecule has 0 saturated heterocycles. The van der Waals surface area contributed by atoms with E-state index in [4.69, 9.17) is 0 Å². The summed E-state index contributed by atoms with van der Waals surface area (Å²) in [6, 6.07) is 3.43.